The van der Waals surface area contributed by atoms with E-state index in [9.17, 15) is 0 Å². The number of alkyl halides is 1. The molecule has 0 amide bonds. The second kappa shape index (κ2) is 7.13. The van der Waals surface area contributed by atoms with Gasteiger partial charge in [0.15, 0.2) is 0 Å². The van der Waals surface area contributed by atoms with Gasteiger partial charge in [0.2, 0.25) is 0 Å². The van der Waals surface area contributed by atoms with Gasteiger partial charge in [0.25, 0.3) is 0 Å². The zero-order valence-electron chi connectivity index (χ0n) is 11.4. The van der Waals surface area contributed by atoms with Crippen molar-refractivity contribution in [1.29, 1.82) is 0 Å². The number of hydrogen-bond donors (Lipinski definition) is 0. The van der Waals surface area contributed by atoms with E-state index in [1.165, 1.54) is 50.8 Å². The summed E-state index contributed by atoms with van der Waals surface area (Å²) in [6.45, 7) is 3.20. The Morgan fingerprint density at radius 1 is 1.11 bits per heavy atom. The molecule has 1 heterocycles. The molecule has 0 aromatic carbocycles. The average Bonchev–Trinajstić information content (AvgIpc) is 2.72. The molecule has 102 valence electrons. The minimum absolute atomic E-state index is 0.472. The molecule has 0 saturated heterocycles. The van der Waals surface area contributed by atoms with Crippen molar-refractivity contribution in [3.63, 3.8) is 0 Å². The molecule has 0 atom stereocenters. The fraction of sp³-hybridized carbons (Fsp3) is 0.857. The molecule has 0 N–H and O–H groups in total. The molecule has 0 bridgehead atoms. The second-order valence-corrected chi connectivity index (χ2v) is 5.57. The van der Waals surface area contributed by atoms with Gasteiger partial charge >= 0.3 is 0 Å². The number of nitrogens with zero attached hydrogens (tertiary/aromatic N) is 3. The van der Waals surface area contributed by atoms with Crippen molar-refractivity contribution in [3.8, 4) is 0 Å². The minimum atomic E-state index is 0.472. The van der Waals surface area contributed by atoms with Gasteiger partial charge in [-0.25, -0.2) is 0 Å². The lowest BCUT2D eigenvalue weighted by molar-refractivity contribution is 0.427. The summed E-state index contributed by atoms with van der Waals surface area (Å²) in [5.74, 6) is 3.20. The lowest BCUT2D eigenvalue weighted by Crippen LogP contribution is -2.12. The van der Waals surface area contributed by atoms with E-state index in [1.807, 2.05) is 0 Å². The van der Waals surface area contributed by atoms with Gasteiger partial charge < -0.3 is 4.57 Å². The third-order valence-corrected chi connectivity index (χ3v) is 4.13. The third kappa shape index (κ3) is 3.25. The van der Waals surface area contributed by atoms with Crippen molar-refractivity contribution in [3.05, 3.63) is 11.6 Å². The molecule has 4 heteroatoms. The van der Waals surface area contributed by atoms with Crippen molar-refractivity contribution in [2.24, 2.45) is 0 Å². The molecule has 1 aliphatic carbocycles. The van der Waals surface area contributed by atoms with Gasteiger partial charge in [-0.1, -0.05) is 39.0 Å². The molecule has 0 radical (unpaired) electrons. The Balaban J connectivity index is 2.16. The van der Waals surface area contributed by atoms with Crippen LogP contribution in [0.5, 0.6) is 0 Å². The van der Waals surface area contributed by atoms with E-state index >= 15 is 0 Å². The molecule has 0 aliphatic heterocycles. The van der Waals surface area contributed by atoms with Crippen LogP contribution in [0.3, 0.4) is 0 Å². The maximum absolute atomic E-state index is 5.96. The average molecular weight is 270 g/mol. The van der Waals surface area contributed by atoms with Gasteiger partial charge in [-0.15, -0.1) is 21.8 Å². The predicted molar refractivity (Wildman–Crippen MR) is 74.9 cm³/mol. The molecule has 2 rings (SSSR count). The van der Waals surface area contributed by atoms with Crippen molar-refractivity contribution in [2.45, 2.75) is 76.6 Å². The van der Waals surface area contributed by atoms with Crippen molar-refractivity contribution >= 4 is 11.6 Å². The van der Waals surface area contributed by atoms with Crippen LogP contribution in [0.1, 0.15) is 75.9 Å². The van der Waals surface area contributed by atoms with Gasteiger partial charge in [-0.3, -0.25) is 0 Å². The molecule has 0 spiro atoms. The van der Waals surface area contributed by atoms with Gasteiger partial charge in [0.1, 0.15) is 11.6 Å². The largest absolute Gasteiger partial charge is 0.314 e. The Hall–Kier alpha value is -0.570. The van der Waals surface area contributed by atoms with E-state index < -0.39 is 0 Å². The Bertz CT molecular complexity index is 354. The van der Waals surface area contributed by atoms with Crippen LogP contribution >= 0.6 is 11.6 Å². The fourth-order valence-corrected chi connectivity index (χ4v) is 3.13. The lowest BCUT2D eigenvalue weighted by Gasteiger charge is -2.20. The highest BCUT2D eigenvalue weighted by molar-refractivity contribution is 6.16. The molecule has 1 saturated carbocycles. The molecule has 1 aromatic heterocycles. The smallest absolute Gasteiger partial charge is 0.147 e. The Labute approximate surface area is 115 Å². The first kappa shape index (κ1) is 13.9. The van der Waals surface area contributed by atoms with Crippen LogP contribution in [-0.4, -0.2) is 14.8 Å². The van der Waals surface area contributed by atoms with E-state index in [0.717, 1.165) is 18.8 Å². The molecular formula is C14H24ClN3. The third-order valence-electron chi connectivity index (χ3n) is 3.89. The van der Waals surface area contributed by atoms with Crippen LogP contribution in [0, 0.1) is 0 Å². The van der Waals surface area contributed by atoms with E-state index in [1.54, 1.807) is 0 Å². The van der Waals surface area contributed by atoms with Gasteiger partial charge in [0.05, 0.1) is 5.88 Å². The summed E-state index contributed by atoms with van der Waals surface area (Å²) in [5.41, 5.74) is 0. The van der Waals surface area contributed by atoms with Crippen LogP contribution in [-0.2, 0) is 12.4 Å². The molecule has 1 aliphatic rings. The second-order valence-electron chi connectivity index (χ2n) is 5.30. The molecule has 18 heavy (non-hydrogen) atoms. The number of aromatic nitrogens is 3. The number of hydrogen-bond acceptors (Lipinski definition) is 2. The Morgan fingerprint density at radius 3 is 2.39 bits per heavy atom. The highest BCUT2D eigenvalue weighted by atomic mass is 35.5. The van der Waals surface area contributed by atoms with Gasteiger partial charge in [-0.2, -0.15) is 0 Å². The summed E-state index contributed by atoms with van der Waals surface area (Å²) in [4.78, 5) is 0. The highest BCUT2D eigenvalue weighted by Gasteiger charge is 2.21. The first-order valence-corrected chi connectivity index (χ1v) is 7.88. The zero-order valence-corrected chi connectivity index (χ0v) is 12.1. The van der Waals surface area contributed by atoms with E-state index in [4.69, 9.17) is 11.6 Å². The quantitative estimate of drug-likeness (QED) is 0.765. The minimum Gasteiger partial charge on any atom is -0.314 e. The van der Waals surface area contributed by atoms with Crippen molar-refractivity contribution in [1.82, 2.24) is 14.8 Å². The van der Waals surface area contributed by atoms with E-state index in [-0.39, 0.29) is 0 Å². The molecule has 1 fully saturated rings. The number of rotatable bonds is 4. The summed E-state index contributed by atoms with van der Waals surface area (Å²) in [6, 6.07) is 0. The Morgan fingerprint density at radius 2 is 1.78 bits per heavy atom. The Kier molecular flexibility index (Phi) is 5.48. The van der Waals surface area contributed by atoms with Gasteiger partial charge in [-0.05, 0) is 19.3 Å². The summed E-state index contributed by atoms with van der Waals surface area (Å²) >= 11 is 5.96. The topological polar surface area (TPSA) is 30.7 Å². The van der Waals surface area contributed by atoms with E-state index in [0.29, 0.717) is 11.8 Å². The lowest BCUT2D eigenvalue weighted by atomic mass is 9.90. The maximum Gasteiger partial charge on any atom is 0.147 e. The van der Waals surface area contributed by atoms with Crippen LogP contribution < -0.4 is 0 Å². The highest BCUT2D eigenvalue weighted by Crippen LogP contribution is 2.30. The maximum atomic E-state index is 5.96. The van der Waals surface area contributed by atoms with Crippen molar-refractivity contribution < 1.29 is 0 Å². The standard InChI is InChI=1S/C14H24ClN3/c1-2-10-18-13(11-15)16-17-14(18)12-8-6-4-3-5-7-9-12/h12H,2-11H2,1H3. The summed E-state index contributed by atoms with van der Waals surface area (Å²) in [6.07, 6.45) is 10.5. The van der Waals surface area contributed by atoms with Crippen LogP contribution in [0.25, 0.3) is 0 Å². The van der Waals surface area contributed by atoms with E-state index in [2.05, 4.69) is 21.7 Å². The fourth-order valence-electron chi connectivity index (χ4n) is 2.93. The van der Waals surface area contributed by atoms with Crippen LogP contribution in [0.2, 0.25) is 0 Å². The molecule has 0 unspecified atom stereocenters. The summed E-state index contributed by atoms with van der Waals surface area (Å²) in [5, 5.41) is 8.69. The first-order valence-electron chi connectivity index (χ1n) is 7.34. The SMILES string of the molecule is CCCn1c(CCl)nnc1C1CCCCCCC1. The molecule has 1 aromatic rings. The molecular weight excluding hydrogens is 246 g/mol. The first-order chi connectivity index (χ1) is 8.86. The monoisotopic (exact) mass is 269 g/mol. The predicted octanol–water partition coefficient (Wildman–Crippen LogP) is 4.25. The van der Waals surface area contributed by atoms with Crippen molar-refractivity contribution in [2.75, 3.05) is 0 Å². The summed E-state index contributed by atoms with van der Waals surface area (Å²) < 4.78 is 2.26. The number of halogens is 1. The zero-order chi connectivity index (χ0) is 12.8. The summed E-state index contributed by atoms with van der Waals surface area (Å²) in [7, 11) is 0. The molecule has 3 nitrogen and oxygen atoms in total. The van der Waals surface area contributed by atoms with Gasteiger partial charge in [0, 0.05) is 12.5 Å². The normalized spacial score (nSPS) is 18.6. The van der Waals surface area contributed by atoms with Crippen LogP contribution in [0.4, 0.5) is 0 Å². The van der Waals surface area contributed by atoms with Crippen LogP contribution in [0.15, 0.2) is 0 Å².